The molecule has 3 rings (SSSR count). The molecule has 2 aliphatic rings. The molecule has 0 aromatic heterocycles. The van der Waals surface area contributed by atoms with Crippen LogP contribution in [0.5, 0.6) is 0 Å². The zero-order valence-electron chi connectivity index (χ0n) is 12.3. The summed E-state index contributed by atoms with van der Waals surface area (Å²) in [4.78, 5) is 0. The second kappa shape index (κ2) is 5.64. The van der Waals surface area contributed by atoms with Crippen molar-refractivity contribution in [1.82, 2.24) is 5.32 Å². The van der Waals surface area contributed by atoms with E-state index in [-0.39, 0.29) is 6.04 Å². The largest absolute Gasteiger partial charge is 0.416 e. The van der Waals surface area contributed by atoms with Crippen molar-refractivity contribution in [1.29, 1.82) is 0 Å². The van der Waals surface area contributed by atoms with Crippen LogP contribution in [0.25, 0.3) is 0 Å². The van der Waals surface area contributed by atoms with Crippen molar-refractivity contribution in [2.24, 2.45) is 17.8 Å². The lowest BCUT2D eigenvalue weighted by atomic mass is 9.88. The van der Waals surface area contributed by atoms with E-state index in [9.17, 15) is 13.2 Å². The van der Waals surface area contributed by atoms with Crippen LogP contribution in [0, 0.1) is 17.8 Å². The molecular weight excluding hydrogens is 275 g/mol. The predicted octanol–water partition coefficient (Wildman–Crippen LogP) is 4.79. The van der Waals surface area contributed by atoms with Gasteiger partial charge in [-0.05, 0) is 67.7 Å². The van der Waals surface area contributed by atoms with Gasteiger partial charge in [0, 0.05) is 6.04 Å². The molecule has 2 aliphatic carbocycles. The smallest absolute Gasteiger partial charge is 0.310 e. The van der Waals surface area contributed by atoms with Gasteiger partial charge < -0.3 is 5.32 Å². The van der Waals surface area contributed by atoms with Crippen LogP contribution in [0.3, 0.4) is 0 Å². The molecule has 0 amide bonds. The van der Waals surface area contributed by atoms with E-state index < -0.39 is 11.7 Å². The van der Waals surface area contributed by atoms with E-state index in [1.165, 1.54) is 31.4 Å². The molecule has 0 aliphatic heterocycles. The fourth-order valence-corrected chi connectivity index (χ4v) is 3.77. The summed E-state index contributed by atoms with van der Waals surface area (Å²) in [5.74, 6) is 2.35. The lowest BCUT2D eigenvalue weighted by Gasteiger charge is -2.27. The van der Waals surface area contributed by atoms with Gasteiger partial charge in [-0.2, -0.15) is 13.2 Å². The van der Waals surface area contributed by atoms with E-state index in [2.05, 4.69) is 12.2 Å². The first-order valence-electron chi connectivity index (χ1n) is 7.89. The second-order valence-corrected chi connectivity index (χ2v) is 6.54. The average molecular weight is 297 g/mol. The van der Waals surface area contributed by atoms with Crippen LogP contribution in [0.4, 0.5) is 13.2 Å². The Kier molecular flexibility index (Phi) is 4.00. The van der Waals surface area contributed by atoms with Crippen molar-refractivity contribution in [3.8, 4) is 0 Å². The van der Waals surface area contributed by atoms with Gasteiger partial charge in [0.15, 0.2) is 0 Å². The van der Waals surface area contributed by atoms with Gasteiger partial charge in [-0.1, -0.05) is 19.1 Å². The van der Waals surface area contributed by atoms with Gasteiger partial charge in [-0.15, -0.1) is 0 Å². The molecule has 2 fully saturated rings. The molecule has 0 bridgehead atoms. The molecule has 4 heteroatoms. The number of hydrogen-bond acceptors (Lipinski definition) is 1. The maximum atomic E-state index is 12.7. The minimum absolute atomic E-state index is 0.208. The summed E-state index contributed by atoms with van der Waals surface area (Å²) in [6.07, 6.45) is 0.612. The van der Waals surface area contributed by atoms with E-state index in [1.807, 2.05) is 0 Å². The molecule has 116 valence electrons. The SMILES string of the molecule is CCCNC(c1ccc(C(F)(F)F)cc1)C1CC2CC2C1. The molecule has 0 heterocycles. The summed E-state index contributed by atoms with van der Waals surface area (Å²) < 4.78 is 38.0. The van der Waals surface area contributed by atoms with Crippen molar-refractivity contribution in [2.45, 2.75) is 44.8 Å². The molecule has 3 atom stereocenters. The average Bonchev–Trinajstić information content (AvgIpc) is 3.06. The Morgan fingerprint density at radius 3 is 2.24 bits per heavy atom. The highest BCUT2D eigenvalue weighted by Gasteiger charge is 2.48. The number of hydrogen-bond donors (Lipinski definition) is 1. The van der Waals surface area contributed by atoms with E-state index in [0.717, 1.165) is 30.4 Å². The van der Waals surface area contributed by atoms with Crippen molar-refractivity contribution in [3.05, 3.63) is 35.4 Å². The fourth-order valence-electron chi connectivity index (χ4n) is 3.77. The Morgan fingerprint density at radius 1 is 1.10 bits per heavy atom. The fraction of sp³-hybridized carbons (Fsp3) is 0.647. The third-order valence-electron chi connectivity index (χ3n) is 4.96. The standard InChI is InChI=1S/C17H22F3N/c1-2-7-21-16(14-9-12-8-13(12)10-14)11-3-5-15(6-4-11)17(18,19)20/h3-6,12-14,16,21H,2,7-10H2,1H3. The Hall–Kier alpha value is -1.03. The first kappa shape index (κ1) is 14.9. The van der Waals surface area contributed by atoms with Gasteiger partial charge in [-0.25, -0.2) is 0 Å². The summed E-state index contributed by atoms with van der Waals surface area (Å²) in [5, 5.41) is 3.55. The van der Waals surface area contributed by atoms with Crippen LogP contribution in [-0.4, -0.2) is 6.54 Å². The normalized spacial score (nSPS) is 29.2. The van der Waals surface area contributed by atoms with E-state index >= 15 is 0 Å². The molecule has 0 radical (unpaired) electrons. The predicted molar refractivity (Wildman–Crippen MR) is 76.8 cm³/mol. The molecule has 1 aromatic rings. The Labute approximate surface area is 123 Å². The van der Waals surface area contributed by atoms with Crippen molar-refractivity contribution in [3.63, 3.8) is 0 Å². The van der Waals surface area contributed by atoms with Gasteiger partial charge in [0.05, 0.1) is 5.56 Å². The number of fused-ring (bicyclic) bond motifs is 1. The molecule has 0 spiro atoms. The maximum Gasteiger partial charge on any atom is 0.416 e. The quantitative estimate of drug-likeness (QED) is 0.823. The van der Waals surface area contributed by atoms with E-state index in [4.69, 9.17) is 0 Å². The lowest BCUT2D eigenvalue weighted by Crippen LogP contribution is -2.28. The van der Waals surface area contributed by atoms with E-state index in [0.29, 0.717) is 5.92 Å². The number of halogens is 3. The van der Waals surface area contributed by atoms with Gasteiger partial charge in [-0.3, -0.25) is 0 Å². The molecule has 0 saturated heterocycles. The topological polar surface area (TPSA) is 12.0 Å². The summed E-state index contributed by atoms with van der Waals surface area (Å²) in [5.41, 5.74) is 0.442. The lowest BCUT2D eigenvalue weighted by molar-refractivity contribution is -0.137. The second-order valence-electron chi connectivity index (χ2n) is 6.54. The third kappa shape index (κ3) is 3.25. The van der Waals surface area contributed by atoms with Crippen molar-refractivity contribution >= 4 is 0 Å². The number of benzene rings is 1. The van der Waals surface area contributed by atoms with Crippen LogP contribution in [0.15, 0.2) is 24.3 Å². The first-order chi connectivity index (χ1) is 9.99. The molecule has 1 aromatic carbocycles. The minimum atomic E-state index is -4.25. The van der Waals surface area contributed by atoms with Gasteiger partial charge in [0.25, 0.3) is 0 Å². The maximum absolute atomic E-state index is 12.7. The summed E-state index contributed by atoms with van der Waals surface area (Å²) >= 11 is 0. The number of rotatable bonds is 5. The highest BCUT2D eigenvalue weighted by Crippen LogP contribution is 2.57. The monoisotopic (exact) mass is 297 g/mol. The third-order valence-corrected chi connectivity index (χ3v) is 4.96. The van der Waals surface area contributed by atoms with Crippen LogP contribution >= 0.6 is 0 Å². The highest BCUT2D eigenvalue weighted by atomic mass is 19.4. The van der Waals surface area contributed by atoms with Crippen LogP contribution in [0.2, 0.25) is 0 Å². The Balaban J connectivity index is 1.75. The van der Waals surface area contributed by atoms with Gasteiger partial charge in [0.1, 0.15) is 0 Å². The summed E-state index contributed by atoms with van der Waals surface area (Å²) in [6, 6.07) is 5.94. The molecule has 21 heavy (non-hydrogen) atoms. The molecule has 3 unspecified atom stereocenters. The molecule has 1 N–H and O–H groups in total. The van der Waals surface area contributed by atoms with Crippen LogP contribution < -0.4 is 5.32 Å². The van der Waals surface area contributed by atoms with Crippen molar-refractivity contribution < 1.29 is 13.2 Å². The molecule has 1 nitrogen and oxygen atoms in total. The minimum Gasteiger partial charge on any atom is -0.310 e. The number of nitrogens with one attached hydrogen (secondary N) is 1. The van der Waals surface area contributed by atoms with Crippen LogP contribution in [0.1, 0.15) is 49.8 Å². The summed E-state index contributed by atoms with van der Waals surface area (Å²) in [7, 11) is 0. The zero-order valence-corrected chi connectivity index (χ0v) is 12.3. The molecular formula is C17H22F3N. The van der Waals surface area contributed by atoms with Crippen LogP contribution in [-0.2, 0) is 6.18 Å². The molecule has 2 saturated carbocycles. The van der Waals surface area contributed by atoms with Gasteiger partial charge >= 0.3 is 6.18 Å². The highest BCUT2D eigenvalue weighted by molar-refractivity contribution is 5.28. The Bertz CT molecular complexity index is 470. The first-order valence-corrected chi connectivity index (χ1v) is 7.89. The van der Waals surface area contributed by atoms with Crippen molar-refractivity contribution in [2.75, 3.05) is 6.54 Å². The Morgan fingerprint density at radius 2 is 1.71 bits per heavy atom. The van der Waals surface area contributed by atoms with E-state index in [1.54, 1.807) is 12.1 Å². The van der Waals surface area contributed by atoms with Gasteiger partial charge in [0.2, 0.25) is 0 Å². The summed E-state index contributed by atoms with van der Waals surface area (Å²) in [6.45, 7) is 3.03. The zero-order chi connectivity index (χ0) is 15.0. The number of alkyl halides is 3.